The van der Waals surface area contributed by atoms with Crippen LogP contribution in [0.2, 0.25) is 0 Å². The average molecular weight is 253 g/mol. The first-order valence-corrected chi connectivity index (χ1v) is 6.25. The maximum absolute atomic E-state index is 13.6. The van der Waals surface area contributed by atoms with E-state index in [-0.39, 0.29) is 5.82 Å². The number of aryl methyl sites for hydroxylation is 1. The van der Waals surface area contributed by atoms with Crippen molar-refractivity contribution in [3.63, 3.8) is 0 Å². The highest BCUT2D eigenvalue weighted by Crippen LogP contribution is 2.33. The highest BCUT2D eigenvalue weighted by molar-refractivity contribution is 5.57. The van der Waals surface area contributed by atoms with Crippen LogP contribution in [0.5, 0.6) is 0 Å². The predicted octanol–water partition coefficient (Wildman–Crippen LogP) is 2.15. The molecule has 1 heterocycles. The molecule has 18 heavy (non-hydrogen) atoms. The smallest absolute Gasteiger partial charge is 0.126 e. The molecule has 1 aromatic rings. The van der Waals surface area contributed by atoms with Crippen LogP contribution in [-0.2, 0) is 0 Å². The van der Waals surface area contributed by atoms with Crippen molar-refractivity contribution in [2.24, 2.45) is 0 Å². The van der Waals surface area contributed by atoms with Gasteiger partial charge in [-0.1, -0.05) is 0 Å². The molecule has 0 aromatic heterocycles. The first kappa shape index (κ1) is 13.3. The Morgan fingerprint density at radius 2 is 2.11 bits per heavy atom. The average Bonchev–Trinajstić information content (AvgIpc) is 2.62. The summed E-state index contributed by atoms with van der Waals surface area (Å²) in [5, 5.41) is 19.8. The standard InChI is InChI=1S/C14H20FNO2/c1-9-6-13(11(10(2)17)7-12(9)15)16-5-4-14(3,18)8-16/h6-7,10,17-18H,4-5,8H2,1-3H3. The third-order valence-corrected chi connectivity index (χ3v) is 3.55. The third-order valence-electron chi connectivity index (χ3n) is 3.55. The van der Waals surface area contributed by atoms with Gasteiger partial charge in [-0.25, -0.2) is 4.39 Å². The van der Waals surface area contributed by atoms with Gasteiger partial charge in [0, 0.05) is 24.3 Å². The number of hydrogen-bond donors (Lipinski definition) is 2. The first-order valence-electron chi connectivity index (χ1n) is 6.25. The monoisotopic (exact) mass is 253 g/mol. The molecule has 0 spiro atoms. The van der Waals surface area contributed by atoms with Crippen LogP contribution < -0.4 is 4.90 Å². The second-order valence-corrected chi connectivity index (χ2v) is 5.50. The Morgan fingerprint density at radius 1 is 1.44 bits per heavy atom. The van der Waals surface area contributed by atoms with Crippen LogP contribution in [0, 0.1) is 12.7 Å². The molecular weight excluding hydrogens is 233 g/mol. The summed E-state index contributed by atoms with van der Waals surface area (Å²) in [5.74, 6) is -0.305. The lowest BCUT2D eigenvalue weighted by atomic mass is 10.0. The van der Waals surface area contributed by atoms with E-state index in [0.717, 1.165) is 12.2 Å². The highest BCUT2D eigenvalue weighted by Gasteiger charge is 2.32. The second-order valence-electron chi connectivity index (χ2n) is 5.50. The third kappa shape index (κ3) is 2.49. The zero-order valence-electron chi connectivity index (χ0n) is 11.1. The van der Waals surface area contributed by atoms with Crippen molar-refractivity contribution < 1.29 is 14.6 Å². The van der Waals surface area contributed by atoms with Gasteiger partial charge in [-0.3, -0.25) is 0 Å². The molecule has 2 N–H and O–H groups in total. The number of β-amino-alcohol motifs (C(OH)–C–C–N with tert-alkyl or cyclic N) is 1. The van der Waals surface area contributed by atoms with Crippen LogP contribution >= 0.6 is 0 Å². The van der Waals surface area contributed by atoms with Crippen molar-refractivity contribution >= 4 is 5.69 Å². The summed E-state index contributed by atoms with van der Waals surface area (Å²) in [7, 11) is 0. The van der Waals surface area contributed by atoms with Crippen LogP contribution in [0.4, 0.5) is 10.1 Å². The van der Waals surface area contributed by atoms with E-state index in [2.05, 4.69) is 0 Å². The Kier molecular flexibility index (Phi) is 3.34. The van der Waals surface area contributed by atoms with Gasteiger partial charge in [-0.2, -0.15) is 0 Å². The first-order chi connectivity index (χ1) is 8.30. The molecule has 3 nitrogen and oxygen atoms in total. The molecule has 2 atom stereocenters. The lowest BCUT2D eigenvalue weighted by Crippen LogP contribution is -2.30. The molecule has 0 aliphatic carbocycles. The Balaban J connectivity index is 2.41. The van der Waals surface area contributed by atoms with Crippen molar-refractivity contribution in [2.75, 3.05) is 18.0 Å². The van der Waals surface area contributed by atoms with Gasteiger partial charge in [0.1, 0.15) is 5.82 Å². The fourth-order valence-electron chi connectivity index (χ4n) is 2.44. The summed E-state index contributed by atoms with van der Waals surface area (Å²) in [4.78, 5) is 2.01. The maximum atomic E-state index is 13.6. The largest absolute Gasteiger partial charge is 0.389 e. The number of anilines is 1. The quantitative estimate of drug-likeness (QED) is 0.848. The SMILES string of the molecule is Cc1cc(N2CCC(C)(O)C2)c(C(C)O)cc1F. The summed E-state index contributed by atoms with van der Waals surface area (Å²) in [6, 6.07) is 3.14. The van der Waals surface area contributed by atoms with E-state index in [1.807, 2.05) is 4.90 Å². The van der Waals surface area contributed by atoms with Crippen LogP contribution in [0.25, 0.3) is 0 Å². The molecule has 0 radical (unpaired) electrons. The van der Waals surface area contributed by atoms with Gasteiger partial charge in [-0.05, 0) is 44.9 Å². The molecule has 0 saturated carbocycles. The Labute approximate surface area is 107 Å². The van der Waals surface area contributed by atoms with Gasteiger partial charge >= 0.3 is 0 Å². The molecule has 0 bridgehead atoms. The van der Waals surface area contributed by atoms with E-state index < -0.39 is 11.7 Å². The molecule has 1 fully saturated rings. The van der Waals surface area contributed by atoms with E-state index >= 15 is 0 Å². The summed E-state index contributed by atoms with van der Waals surface area (Å²) >= 11 is 0. The predicted molar refractivity (Wildman–Crippen MR) is 69.2 cm³/mol. The van der Waals surface area contributed by atoms with Crippen molar-refractivity contribution in [3.8, 4) is 0 Å². The van der Waals surface area contributed by atoms with Gasteiger partial charge in [0.25, 0.3) is 0 Å². The van der Waals surface area contributed by atoms with E-state index in [1.54, 1.807) is 26.8 Å². The lowest BCUT2D eigenvalue weighted by Gasteiger charge is -2.25. The van der Waals surface area contributed by atoms with E-state index in [1.165, 1.54) is 6.07 Å². The van der Waals surface area contributed by atoms with Crippen LogP contribution in [0.15, 0.2) is 12.1 Å². The van der Waals surface area contributed by atoms with Gasteiger partial charge in [0.15, 0.2) is 0 Å². The Morgan fingerprint density at radius 3 is 2.61 bits per heavy atom. The van der Waals surface area contributed by atoms with E-state index in [0.29, 0.717) is 24.1 Å². The Bertz CT molecular complexity index is 457. The lowest BCUT2D eigenvalue weighted by molar-refractivity contribution is 0.0839. The minimum atomic E-state index is -0.722. The summed E-state index contributed by atoms with van der Waals surface area (Å²) in [6.07, 6.45) is -0.0384. The van der Waals surface area contributed by atoms with Gasteiger partial charge in [-0.15, -0.1) is 0 Å². The van der Waals surface area contributed by atoms with E-state index in [9.17, 15) is 14.6 Å². The van der Waals surface area contributed by atoms with Crippen molar-refractivity contribution in [1.82, 2.24) is 0 Å². The summed E-state index contributed by atoms with van der Waals surface area (Å²) < 4.78 is 13.6. The molecule has 0 amide bonds. The van der Waals surface area contributed by atoms with Gasteiger partial charge in [0.05, 0.1) is 11.7 Å². The molecule has 1 saturated heterocycles. The number of rotatable bonds is 2. The van der Waals surface area contributed by atoms with Crippen molar-refractivity contribution in [2.45, 2.75) is 38.9 Å². The highest BCUT2D eigenvalue weighted by atomic mass is 19.1. The van der Waals surface area contributed by atoms with Crippen LogP contribution in [0.3, 0.4) is 0 Å². The van der Waals surface area contributed by atoms with Gasteiger partial charge < -0.3 is 15.1 Å². The number of benzene rings is 1. The minimum absolute atomic E-state index is 0.305. The normalized spacial score (nSPS) is 25.6. The van der Waals surface area contributed by atoms with Crippen LogP contribution in [0.1, 0.15) is 37.5 Å². The number of hydrogen-bond acceptors (Lipinski definition) is 3. The molecule has 2 unspecified atom stereocenters. The van der Waals surface area contributed by atoms with Crippen molar-refractivity contribution in [1.29, 1.82) is 0 Å². The van der Waals surface area contributed by atoms with Crippen LogP contribution in [-0.4, -0.2) is 28.9 Å². The number of aliphatic hydroxyl groups is 2. The molecule has 1 aromatic carbocycles. The molecule has 2 rings (SSSR count). The topological polar surface area (TPSA) is 43.7 Å². The Hall–Kier alpha value is -1.13. The fourth-order valence-corrected chi connectivity index (χ4v) is 2.44. The minimum Gasteiger partial charge on any atom is -0.389 e. The molecular formula is C14H20FNO2. The summed E-state index contributed by atoms with van der Waals surface area (Å²) in [6.45, 7) is 6.36. The number of nitrogens with zero attached hydrogens (tertiary/aromatic N) is 1. The second kappa shape index (κ2) is 4.52. The van der Waals surface area contributed by atoms with Crippen molar-refractivity contribution in [3.05, 3.63) is 29.1 Å². The zero-order chi connectivity index (χ0) is 13.5. The van der Waals surface area contributed by atoms with Gasteiger partial charge in [0.2, 0.25) is 0 Å². The number of aliphatic hydroxyl groups excluding tert-OH is 1. The fraction of sp³-hybridized carbons (Fsp3) is 0.571. The zero-order valence-corrected chi connectivity index (χ0v) is 11.1. The molecule has 100 valence electrons. The number of halogens is 1. The maximum Gasteiger partial charge on any atom is 0.126 e. The summed E-state index contributed by atoms with van der Waals surface area (Å²) in [5.41, 5.74) is 1.25. The molecule has 1 aliphatic rings. The molecule has 1 aliphatic heterocycles. The van der Waals surface area contributed by atoms with E-state index in [4.69, 9.17) is 0 Å². The molecule has 4 heteroatoms.